The van der Waals surface area contributed by atoms with Crippen LogP contribution in [0.3, 0.4) is 0 Å². The average molecular weight is 493 g/mol. The van der Waals surface area contributed by atoms with Gasteiger partial charge in [0.05, 0.1) is 18.9 Å². The summed E-state index contributed by atoms with van der Waals surface area (Å²) in [4.78, 5) is 50.6. The van der Waals surface area contributed by atoms with E-state index in [9.17, 15) is 24.3 Å². The van der Waals surface area contributed by atoms with E-state index >= 15 is 0 Å². The van der Waals surface area contributed by atoms with Gasteiger partial charge < -0.3 is 9.84 Å². The second kappa shape index (κ2) is 6.96. The maximum atomic E-state index is 13.4. The molecule has 2 aliphatic heterocycles. The highest BCUT2D eigenvalue weighted by atomic mass is 35.5. The van der Waals surface area contributed by atoms with E-state index in [1.165, 1.54) is 27.3 Å². The van der Waals surface area contributed by atoms with Crippen molar-refractivity contribution in [2.24, 2.45) is 17.8 Å². The van der Waals surface area contributed by atoms with Crippen molar-refractivity contribution in [2.75, 3.05) is 21.2 Å². The molecule has 0 radical (unpaired) electrons. The maximum absolute atomic E-state index is 13.4. The van der Waals surface area contributed by atoms with Crippen LogP contribution in [0, 0.1) is 17.8 Å². The summed E-state index contributed by atoms with van der Waals surface area (Å²) in [6.45, 7) is 0. The quantitative estimate of drug-likeness (QED) is 0.384. The number of halogens is 2. The van der Waals surface area contributed by atoms with Gasteiger partial charge in [0.1, 0.15) is 11.5 Å². The summed E-state index contributed by atoms with van der Waals surface area (Å²) in [6.07, 6.45) is 2.04. The van der Waals surface area contributed by atoms with Crippen molar-refractivity contribution in [3.63, 3.8) is 0 Å². The van der Waals surface area contributed by atoms with Crippen LogP contribution in [0.15, 0.2) is 29.8 Å². The highest BCUT2D eigenvalue weighted by Gasteiger charge is 2.76. The molecular weight excluding hydrogens is 471 g/mol. The minimum Gasteiger partial charge on any atom is -0.508 e. The van der Waals surface area contributed by atoms with Crippen LogP contribution in [0.25, 0.3) is 0 Å². The molecule has 0 unspecified atom stereocenters. The predicted molar refractivity (Wildman–Crippen MR) is 118 cm³/mol. The minimum atomic E-state index is -1.92. The first-order valence-corrected chi connectivity index (χ1v) is 11.3. The number of ether oxygens (including phenoxy) is 1. The van der Waals surface area contributed by atoms with Gasteiger partial charge in [-0.25, -0.2) is 0 Å². The van der Waals surface area contributed by atoms with Gasteiger partial charge in [-0.2, -0.15) is 0 Å². The number of carbonyl (C=O) groups excluding carboxylic acids is 4. The van der Waals surface area contributed by atoms with Gasteiger partial charge in [-0.1, -0.05) is 17.7 Å². The molecule has 4 amide bonds. The number of benzene rings is 1. The molecule has 1 N–H and O–H groups in total. The van der Waals surface area contributed by atoms with Crippen LogP contribution in [0.4, 0.5) is 0 Å². The standard InChI is InChI=1S/C23H22Cl2N2O6/c1-26-18(29)13-7-6-11-14(16(13)19(26)30)9-22(24)20(31)27(2)21(32)23(22,25)17(11)12-5-4-10(33-3)8-15(12)28/h4-6,8,13-14,16-17,28H,7,9H2,1-3H3/t13-,14+,16-,17+,22+,23-/m0/s1. The number of hydrogen-bond donors (Lipinski definition) is 1. The number of fused-ring (bicyclic) bond motifs is 4. The van der Waals surface area contributed by atoms with Gasteiger partial charge in [-0.05, 0) is 24.8 Å². The van der Waals surface area contributed by atoms with E-state index in [2.05, 4.69) is 0 Å². The van der Waals surface area contributed by atoms with Gasteiger partial charge in [0.15, 0.2) is 9.75 Å². The summed E-state index contributed by atoms with van der Waals surface area (Å²) in [5, 5.41) is 10.9. The number of likely N-dealkylation sites (tertiary alicyclic amines) is 2. The number of methoxy groups -OCH3 is 1. The zero-order chi connectivity index (χ0) is 24.0. The van der Waals surface area contributed by atoms with Gasteiger partial charge in [-0.15, -0.1) is 23.2 Å². The lowest BCUT2D eigenvalue weighted by atomic mass is 9.56. The molecule has 1 saturated carbocycles. The fraction of sp³-hybridized carbons (Fsp3) is 0.478. The van der Waals surface area contributed by atoms with Crippen LogP contribution in [-0.4, -0.2) is 69.5 Å². The van der Waals surface area contributed by atoms with Gasteiger partial charge >= 0.3 is 0 Å². The normalized spacial score (nSPS) is 37.7. The van der Waals surface area contributed by atoms with E-state index in [0.29, 0.717) is 23.3 Å². The highest BCUT2D eigenvalue weighted by Crippen LogP contribution is 2.65. The van der Waals surface area contributed by atoms with E-state index in [4.69, 9.17) is 27.9 Å². The molecule has 1 aromatic carbocycles. The highest BCUT2D eigenvalue weighted by molar-refractivity contribution is 6.53. The molecule has 2 heterocycles. The Kier molecular flexibility index (Phi) is 4.69. The second-order valence-electron chi connectivity index (χ2n) is 9.16. The second-order valence-corrected chi connectivity index (χ2v) is 10.4. The molecule has 8 nitrogen and oxygen atoms in total. The number of phenolic OH excluding ortho intramolecular Hbond substituents is 1. The summed E-state index contributed by atoms with van der Waals surface area (Å²) in [6, 6.07) is 4.59. The van der Waals surface area contributed by atoms with Crippen LogP contribution in [0.1, 0.15) is 24.3 Å². The lowest BCUT2D eigenvalue weighted by Gasteiger charge is -2.50. The Morgan fingerprint density at radius 2 is 1.73 bits per heavy atom. The number of aromatic hydroxyl groups is 1. The van der Waals surface area contributed by atoms with Crippen LogP contribution in [0.2, 0.25) is 0 Å². The first-order chi connectivity index (χ1) is 15.5. The van der Waals surface area contributed by atoms with Crippen LogP contribution in [0.5, 0.6) is 11.5 Å². The van der Waals surface area contributed by atoms with Crippen molar-refractivity contribution in [3.8, 4) is 11.5 Å². The maximum Gasteiger partial charge on any atom is 0.253 e. The van der Waals surface area contributed by atoms with Gasteiger partial charge in [0.25, 0.3) is 11.8 Å². The molecule has 3 fully saturated rings. The topological polar surface area (TPSA) is 104 Å². The summed E-state index contributed by atoms with van der Waals surface area (Å²) in [5.41, 5.74) is 0.933. The molecule has 33 heavy (non-hydrogen) atoms. The lowest BCUT2D eigenvalue weighted by molar-refractivity contribution is -0.140. The van der Waals surface area contributed by atoms with Crippen molar-refractivity contribution in [1.29, 1.82) is 0 Å². The van der Waals surface area contributed by atoms with Crippen LogP contribution < -0.4 is 4.74 Å². The zero-order valence-corrected chi connectivity index (χ0v) is 19.7. The van der Waals surface area contributed by atoms with E-state index in [1.807, 2.05) is 6.08 Å². The number of nitrogens with zero attached hydrogens (tertiary/aromatic N) is 2. The van der Waals surface area contributed by atoms with E-state index < -0.39 is 45.2 Å². The fourth-order valence-electron chi connectivity index (χ4n) is 6.14. The SMILES string of the molecule is COc1ccc([C@H]2C3=CC[C@@H]4C(=O)N(C)C(=O)[C@@H]4[C@@H]3C[C@@]3(Cl)C(=O)N(C)C(=O)[C@@]23Cl)c(O)c1. The fourth-order valence-corrected chi connectivity index (χ4v) is 7.15. The van der Waals surface area contributed by atoms with Crippen molar-refractivity contribution in [3.05, 3.63) is 35.4 Å². The molecule has 6 atom stereocenters. The summed E-state index contributed by atoms with van der Waals surface area (Å²) < 4.78 is 5.17. The summed E-state index contributed by atoms with van der Waals surface area (Å²) >= 11 is 14.0. The largest absolute Gasteiger partial charge is 0.508 e. The zero-order valence-electron chi connectivity index (χ0n) is 18.2. The third-order valence-electron chi connectivity index (χ3n) is 7.78. The van der Waals surface area contributed by atoms with Gasteiger partial charge in [0, 0.05) is 31.6 Å². The number of rotatable bonds is 2. The van der Waals surface area contributed by atoms with E-state index in [0.717, 1.165) is 9.80 Å². The molecule has 1 aromatic rings. The number of carbonyl (C=O) groups is 4. The molecule has 174 valence electrons. The molecule has 2 saturated heterocycles. The molecule has 4 aliphatic rings. The average Bonchev–Trinajstić information content (AvgIpc) is 3.09. The number of alkyl halides is 2. The van der Waals surface area contributed by atoms with Crippen LogP contribution in [-0.2, 0) is 19.2 Å². The number of phenols is 1. The smallest absolute Gasteiger partial charge is 0.253 e. The van der Waals surface area contributed by atoms with Crippen molar-refractivity contribution < 1.29 is 29.0 Å². The van der Waals surface area contributed by atoms with E-state index in [1.54, 1.807) is 12.1 Å². The Labute approximate surface area is 200 Å². The molecule has 10 heteroatoms. The third kappa shape index (κ3) is 2.53. The van der Waals surface area contributed by atoms with Crippen LogP contribution >= 0.6 is 23.2 Å². The van der Waals surface area contributed by atoms with Crippen molar-refractivity contribution in [2.45, 2.75) is 28.5 Å². The molecule has 0 bridgehead atoms. The molecule has 0 spiro atoms. The number of hydrogen-bond acceptors (Lipinski definition) is 6. The summed E-state index contributed by atoms with van der Waals surface area (Å²) in [7, 11) is 4.22. The van der Waals surface area contributed by atoms with E-state index in [-0.39, 0.29) is 24.0 Å². The monoisotopic (exact) mass is 492 g/mol. The first kappa shape index (κ1) is 22.2. The molecule has 5 rings (SSSR count). The third-order valence-corrected chi connectivity index (χ3v) is 9.20. The minimum absolute atomic E-state index is 0.0692. The summed E-state index contributed by atoms with van der Waals surface area (Å²) in [5.74, 6) is -4.58. The van der Waals surface area contributed by atoms with Gasteiger partial charge in [-0.3, -0.25) is 29.0 Å². The Balaban J connectivity index is 1.76. The van der Waals surface area contributed by atoms with Crippen molar-refractivity contribution >= 4 is 46.8 Å². The Bertz CT molecular complexity index is 1170. The van der Waals surface area contributed by atoms with Crippen molar-refractivity contribution in [1.82, 2.24) is 9.80 Å². The Morgan fingerprint density at radius 3 is 2.36 bits per heavy atom. The Hall–Kier alpha value is -2.58. The predicted octanol–water partition coefficient (Wildman–Crippen LogP) is 2.02. The first-order valence-electron chi connectivity index (χ1n) is 10.6. The number of allylic oxidation sites excluding steroid dienone is 2. The number of imide groups is 2. The molecular formula is C23H22Cl2N2O6. The Morgan fingerprint density at radius 1 is 1.03 bits per heavy atom. The molecule has 0 aromatic heterocycles. The lowest BCUT2D eigenvalue weighted by Crippen LogP contribution is -2.60. The van der Waals surface area contributed by atoms with Gasteiger partial charge in [0.2, 0.25) is 11.8 Å². The number of amides is 4. The molecule has 2 aliphatic carbocycles.